The Bertz CT molecular complexity index is 838. The van der Waals surface area contributed by atoms with E-state index in [2.05, 4.69) is 4.99 Å². The zero-order valence-corrected chi connectivity index (χ0v) is 11.7. The molecule has 3 N–H and O–H groups in total. The number of nitrogen functional groups attached to an aromatic ring is 1. The highest BCUT2D eigenvalue weighted by atomic mass is 16.3. The monoisotopic (exact) mass is 276 g/mol. The van der Waals surface area contributed by atoms with E-state index in [-0.39, 0.29) is 5.75 Å². The Hall–Kier alpha value is -2.81. The summed E-state index contributed by atoms with van der Waals surface area (Å²) in [5.74, 6) is 0.235. The summed E-state index contributed by atoms with van der Waals surface area (Å²) in [6, 6.07) is 17.2. The number of hydrogen-bond acceptors (Lipinski definition) is 3. The number of aryl methyl sites for hydroxylation is 1. The molecule has 0 saturated carbocycles. The molecule has 3 aromatic carbocycles. The molecular weight excluding hydrogens is 260 g/mol. The highest BCUT2D eigenvalue weighted by molar-refractivity contribution is 6.01. The molecule has 0 atom stereocenters. The lowest BCUT2D eigenvalue weighted by atomic mass is 10.1. The molecule has 21 heavy (non-hydrogen) atoms. The topological polar surface area (TPSA) is 58.6 Å². The van der Waals surface area contributed by atoms with Crippen LogP contribution in [0.15, 0.2) is 59.6 Å². The fourth-order valence-corrected chi connectivity index (χ4v) is 2.32. The third-order valence-corrected chi connectivity index (χ3v) is 3.46. The number of nitrogens with zero attached hydrogens (tertiary/aromatic N) is 1. The van der Waals surface area contributed by atoms with Gasteiger partial charge >= 0.3 is 0 Å². The van der Waals surface area contributed by atoms with Crippen molar-refractivity contribution in [3.05, 3.63) is 65.7 Å². The zero-order chi connectivity index (χ0) is 14.8. The lowest BCUT2D eigenvalue weighted by Crippen LogP contribution is -1.87. The first kappa shape index (κ1) is 13.2. The van der Waals surface area contributed by atoms with E-state index in [9.17, 15) is 5.11 Å². The van der Waals surface area contributed by atoms with Crippen LogP contribution < -0.4 is 5.73 Å². The lowest BCUT2D eigenvalue weighted by Gasteiger charge is -2.05. The number of rotatable bonds is 2. The number of hydrogen-bond donors (Lipinski definition) is 2. The number of anilines is 1. The fraction of sp³-hybridized carbons (Fsp3) is 0.0556. The summed E-state index contributed by atoms with van der Waals surface area (Å²) in [5, 5.41) is 11.9. The second kappa shape index (κ2) is 5.29. The first-order valence-electron chi connectivity index (χ1n) is 6.76. The minimum absolute atomic E-state index is 0.235. The summed E-state index contributed by atoms with van der Waals surface area (Å²) < 4.78 is 0. The summed E-state index contributed by atoms with van der Waals surface area (Å²) >= 11 is 0. The second-order valence-corrected chi connectivity index (χ2v) is 5.04. The van der Waals surface area contributed by atoms with Gasteiger partial charge in [0.05, 0.1) is 5.69 Å². The highest BCUT2D eigenvalue weighted by Gasteiger charge is 2.03. The molecule has 0 bridgehead atoms. The SMILES string of the molecule is Cc1ccc(/C=N/c2ccc(N)c3ccccc23)c(O)c1. The van der Waals surface area contributed by atoms with E-state index >= 15 is 0 Å². The van der Waals surface area contributed by atoms with Gasteiger partial charge in [-0.2, -0.15) is 0 Å². The Morgan fingerprint density at radius 1 is 1.00 bits per heavy atom. The molecule has 0 aliphatic heterocycles. The molecule has 0 fully saturated rings. The molecule has 0 aromatic heterocycles. The van der Waals surface area contributed by atoms with Crippen LogP contribution in [0, 0.1) is 6.92 Å². The number of aromatic hydroxyl groups is 1. The van der Waals surface area contributed by atoms with Gasteiger partial charge in [-0.05, 0) is 36.8 Å². The Morgan fingerprint density at radius 3 is 2.52 bits per heavy atom. The van der Waals surface area contributed by atoms with Crippen molar-refractivity contribution in [3.8, 4) is 5.75 Å². The number of fused-ring (bicyclic) bond motifs is 1. The van der Waals surface area contributed by atoms with Crippen molar-refractivity contribution >= 4 is 28.4 Å². The smallest absolute Gasteiger partial charge is 0.124 e. The Labute approximate surface area is 123 Å². The van der Waals surface area contributed by atoms with E-state index in [1.807, 2.05) is 55.5 Å². The first-order chi connectivity index (χ1) is 10.1. The molecule has 0 aliphatic rings. The van der Waals surface area contributed by atoms with Crippen molar-refractivity contribution in [3.63, 3.8) is 0 Å². The summed E-state index contributed by atoms with van der Waals surface area (Å²) in [5.41, 5.74) is 9.27. The maximum absolute atomic E-state index is 9.92. The maximum Gasteiger partial charge on any atom is 0.124 e. The van der Waals surface area contributed by atoms with Gasteiger partial charge in [-0.15, -0.1) is 0 Å². The Balaban J connectivity index is 2.06. The van der Waals surface area contributed by atoms with Crippen molar-refractivity contribution in [2.75, 3.05) is 5.73 Å². The van der Waals surface area contributed by atoms with Gasteiger partial charge in [0, 0.05) is 28.2 Å². The quantitative estimate of drug-likeness (QED) is 0.544. The van der Waals surface area contributed by atoms with E-state index < -0.39 is 0 Å². The molecule has 0 saturated heterocycles. The predicted molar refractivity (Wildman–Crippen MR) is 88.5 cm³/mol. The number of phenols is 1. The third kappa shape index (κ3) is 2.58. The standard InChI is InChI=1S/C18H16N2O/c1-12-6-7-13(18(21)10-12)11-20-17-9-8-16(19)14-4-2-3-5-15(14)17/h2-11,21H,19H2,1H3/b20-11+. The zero-order valence-electron chi connectivity index (χ0n) is 11.7. The summed E-state index contributed by atoms with van der Waals surface area (Å²) in [4.78, 5) is 4.50. The normalized spacial score (nSPS) is 11.3. The number of aliphatic imine (C=N–C) groups is 1. The van der Waals surface area contributed by atoms with Crippen molar-refractivity contribution < 1.29 is 5.11 Å². The molecule has 3 aromatic rings. The lowest BCUT2D eigenvalue weighted by molar-refractivity contribution is 0.474. The van der Waals surface area contributed by atoms with E-state index in [0.717, 1.165) is 27.7 Å². The van der Waals surface area contributed by atoms with Crippen molar-refractivity contribution in [2.45, 2.75) is 6.92 Å². The number of phenolic OH excluding ortho intramolecular Hbond substituents is 1. The molecule has 3 nitrogen and oxygen atoms in total. The minimum atomic E-state index is 0.235. The van der Waals surface area contributed by atoms with Crippen LogP contribution in [-0.2, 0) is 0 Å². The average molecular weight is 276 g/mol. The molecule has 3 heteroatoms. The van der Waals surface area contributed by atoms with Crippen LogP contribution in [-0.4, -0.2) is 11.3 Å². The van der Waals surface area contributed by atoms with Gasteiger partial charge in [0.2, 0.25) is 0 Å². The molecule has 0 spiro atoms. The van der Waals surface area contributed by atoms with Crippen molar-refractivity contribution in [1.82, 2.24) is 0 Å². The Morgan fingerprint density at radius 2 is 1.76 bits per heavy atom. The third-order valence-electron chi connectivity index (χ3n) is 3.46. The van der Waals surface area contributed by atoms with Crippen LogP contribution in [0.3, 0.4) is 0 Å². The maximum atomic E-state index is 9.92. The highest BCUT2D eigenvalue weighted by Crippen LogP contribution is 2.30. The fourth-order valence-electron chi connectivity index (χ4n) is 2.32. The van der Waals surface area contributed by atoms with Gasteiger partial charge in [-0.1, -0.05) is 30.3 Å². The van der Waals surface area contributed by atoms with Gasteiger partial charge in [0.1, 0.15) is 5.75 Å². The molecule has 0 unspecified atom stereocenters. The van der Waals surface area contributed by atoms with Crippen molar-refractivity contribution in [2.24, 2.45) is 4.99 Å². The summed E-state index contributed by atoms with van der Waals surface area (Å²) in [6.45, 7) is 1.94. The van der Waals surface area contributed by atoms with Gasteiger partial charge in [0.25, 0.3) is 0 Å². The van der Waals surface area contributed by atoms with E-state index in [1.165, 1.54) is 0 Å². The van der Waals surface area contributed by atoms with Crippen LogP contribution in [0.25, 0.3) is 10.8 Å². The van der Waals surface area contributed by atoms with Crippen LogP contribution in [0.2, 0.25) is 0 Å². The van der Waals surface area contributed by atoms with E-state index in [4.69, 9.17) is 5.73 Å². The van der Waals surface area contributed by atoms with Gasteiger partial charge < -0.3 is 10.8 Å². The van der Waals surface area contributed by atoms with Crippen molar-refractivity contribution in [1.29, 1.82) is 0 Å². The van der Waals surface area contributed by atoms with Crippen LogP contribution >= 0.6 is 0 Å². The summed E-state index contributed by atoms with van der Waals surface area (Å²) in [6.07, 6.45) is 1.67. The Kier molecular flexibility index (Phi) is 3.32. The average Bonchev–Trinajstić information content (AvgIpc) is 2.48. The number of nitrogens with two attached hydrogens (primary N) is 1. The van der Waals surface area contributed by atoms with Gasteiger partial charge in [-0.25, -0.2) is 0 Å². The van der Waals surface area contributed by atoms with Gasteiger partial charge in [-0.3, -0.25) is 4.99 Å². The molecule has 0 radical (unpaired) electrons. The molecule has 0 amide bonds. The number of benzene rings is 3. The second-order valence-electron chi connectivity index (χ2n) is 5.04. The molecule has 3 rings (SSSR count). The van der Waals surface area contributed by atoms with E-state index in [1.54, 1.807) is 12.3 Å². The van der Waals surface area contributed by atoms with Crippen LogP contribution in [0.5, 0.6) is 5.75 Å². The van der Waals surface area contributed by atoms with Crippen LogP contribution in [0.4, 0.5) is 11.4 Å². The van der Waals surface area contributed by atoms with E-state index in [0.29, 0.717) is 5.56 Å². The van der Waals surface area contributed by atoms with Crippen LogP contribution in [0.1, 0.15) is 11.1 Å². The molecular formula is C18H16N2O. The molecule has 104 valence electrons. The largest absolute Gasteiger partial charge is 0.507 e. The predicted octanol–water partition coefficient (Wildman–Crippen LogP) is 4.19. The minimum Gasteiger partial charge on any atom is -0.507 e. The molecule has 0 aliphatic carbocycles. The molecule has 0 heterocycles. The summed E-state index contributed by atoms with van der Waals surface area (Å²) in [7, 11) is 0. The van der Waals surface area contributed by atoms with Gasteiger partial charge in [0.15, 0.2) is 0 Å². The first-order valence-corrected chi connectivity index (χ1v) is 6.76.